The van der Waals surface area contributed by atoms with Crippen molar-refractivity contribution in [1.29, 1.82) is 0 Å². The first-order valence-corrected chi connectivity index (χ1v) is 4.63. The van der Waals surface area contributed by atoms with Crippen molar-refractivity contribution in [2.45, 2.75) is 32.0 Å². The average molecular weight is 264 g/mol. The molecule has 0 atom stereocenters. The summed E-state index contributed by atoms with van der Waals surface area (Å²) in [5.74, 6) is -5.05. The molecule has 0 amide bonds. The Morgan fingerprint density at radius 2 is 1.81 bits per heavy atom. The summed E-state index contributed by atoms with van der Waals surface area (Å²) in [7, 11) is 0. The smallest absolute Gasteiger partial charge is 0.241 e. The number of nitrogens with zero attached hydrogens (tertiary/aromatic N) is 3. The molecule has 0 aromatic carbocycles. The lowest BCUT2D eigenvalue weighted by Gasteiger charge is -2.20. The molecular weight excluding hydrogens is 257 g/mol. The zero-order chi connectivity index (χ0) is 12.6. The highest BCUT2D eigenvalue weighted by atomic mass is 35.5. The van der Waals surface area contributed by atoms with E-state index in [1.54, 1.807) is 6.92 Å². The van der Waals surface area contributed by atoms with E-state index in [1.165, 1.54) is 0 Å². The molecule has 0 aliphatic heterocycles. The first-order valence-electron chi connectivity index (χ1n) is 4.25. The second kappa shape index (κ2) is 4.15. The molecule has 0 unspecified atom stereocenters. The molecule has 3 nitrogen and oxygen atoms in total. The van der Waals surface area contributed by atoms with Gasteiger partial charge in [0.2, 0.25) is 0 Å². The zero-order valence-corrected chi connectivity index (χ0v) is 8.78. The zero-order valence-electron chi connectivity index (χ0n) is 8.02. The maximum absolute atomic E-state index is 13.0. The molecule has 1 aromatic heterocycles. The molecule has 0 saturated heterocycles. The van der Waals surface area contributed by atoms with Crippen molar-refractivity contribution in [1.82, 2.24) is 15.0 Å². The molecule has 0 N–H and O–H groups in total. The van der Waals surface area contributed by atoms with Crippen LogP contribution in [0.2, 0.25) is 5.15 Å². The van der Waals surface area contributed by atoms with Gasteiger partial charge >= 0.3 is 12.1 Å². The van der Waals surface area contributed by atoms with E-state index in [4.69, 9.17) is 11.6 Å². The Morgan fingerprint density at radius 1 is 1.25 bits per heavy atom. The topological polar surface area (TPSA) is 30.7 Å². The fourth-order valence-electron chi connectivity index (χ4n) is 1.09. The lowest BCUT2D eigenvalue weighted by Crippen LogP contribution is -2.36. The van der Waals surface area contributed by atoms with Crippen molar-refractivity contribution >= 4 is 11.6 Å². The van der Waals surface area contributed by atoms with Gasteiger partial charge < -0.3 is 0 Å². The molecule has 0 aliphatic rings. The van der Waals surface area contributed by atoms with Crippen molar-refractivity contribution in [2.24, 2.45) is 0 Å². The molecule has 92 valence electrons. The van der Waals surface area contributed by atoms with Crippen LogP contribution in [0.4, 0.5) is 22.0 Å². The average Bonchev–Trinajstić information content (AvgIpc) is 2.46. The number of alkyl halides is 5. The van der Waals surface area contributed by atoms with Gasteiger partial charge in [-0.2, -0.15) is 22.0 Å². The molecule has 0 spiro atoms. The van der Waals surface area contributed by atoms with E-state index >= 15 is 0 Å². The van der Waals surface area contributed by atoms with E-state index in [2.05, 4.69) is 10.3 Å². The Hall–Kier alpha value is -0.920. The second-order valence-corrected chi connectivity index (χ2v) is 3.38. The third-order valence-electron chi connectivity index (χ3n) is 1.78. The lowest BCUT2D eigenvalue weighted by atomic mass is 10.2. The summed E-state index contributed by atoms with van der Waals surface area (Å²) in [6, 6.07) is 0. The SMILES string of the molecule is CCCn1nnc(Cl)c1C(F)(F)C(F)(F)F. The molecule has 0 fully saturated rings. The Morgan fingerprint density at radius 3 is 2.25 bits per heavy atom. The van der Waals surface area contributed by atoms with Gasteiger partial charge in [-0.25, -0.2) is 4.68 Å². The van der Waals surface area contributed by atoms with Gasteiger partial charge in [0.1, 0.15) is 0 Å². The van der Waals surface area contributed by atoms with Crippen molar-refractivity contribution < 1.29 is 22.0 Å². The van der Waals surface area contributed by atoms with Crippen LogP contribution >= 0.6 is 11.6 Å². The largest absolute Gasteiger partial charge is 0.459 e. The summed E-state index contributed by atoms with van der Waals surface area (Å²) in [5.41, 5.74) is -1.41. The van der Waals surface area contributed by atoms with Crippen LogP contribution < -0.4 is 0 Å². The maximum Gasteiger partial charge on any atom is 0.459 e. The second-order valence-electron chi connectivity index (χ2n) is 3.02. The molecule has 1 aromatic rings. The summed E-state index contributed by atoms with van der Waals surface area (Å²) in [6.45, 7) is 1.49. The number of halogens is 6. The quantitative estimate of drug-likeness (QED) is 0.785. The minimum absolute atomic E-state index is 0.110. The van der Waals surface area contributed by atoms with Crippen LogP contribution in [0.25, 0.3) is 0 Å². The van der Waals surface area contributed by atoms with Crippen molar-refractivity contribution in [3.05, 3.63) is 10.8 Å². The Labute approximate surface area is 92.2 Å². The van der Waals surface area contributed by atoms with E-state index in [1.807, 2.05) is 0 Å². The van der Waals surface area contributed by atoms with Crippen LogP contribution in [-0.4, -0.2) is 21.2 Å². The van der Waals surface area contributed by atoms with Gasteiger partial charge in [-0.15, -0.1) is 5.10 Å². The highest BCUT2D eigenvalue weighted by Gasteiger charge is 2.62. The molecule has 0 saturated carbocycles. The van der Waals surface area contributed by atoms with E-state index in [9.17, 15) is 22.0 Å². The molecule has 1 heterocycles. The predicted octanol–water partition coefficient (Wildman–Crippen LogP) is 3.00. The Bertz CT molecular complexity index is 373. The fourth-order valence-corrected chi connectivity index (χ4v) is 1.34. The van der Waals surface area contributed by atoms with Gasteiger partial charge in [0.15, 0.2) is 10.8 Å². The highest BCUT2D eigenvalue weighted by Crippen LogP contribution is 2.45. The van der Waals surface area contributed by atoms with Gasteiger partial charge in [-0.05, 0) is 6.42 Å². The van der Waals surface area contributed by atoms with Crippen LogP contribution in [0.1, 0.15) is 19.0 Å². The van der Waals surface area contributed by atoms with Crippen LogP contribution in [0, 0.1) is 0 Å². The molecule has 0 aliphatic carbocycles. The van der Waals surface area contributed by atoms with Crippen LogP contribution in [0.5, 0.6) is 0 Å². The third-order valence-corrected chi connectivity index (χ3v) is 2.04. The maximum atomic E-state index is 13.0. The number of aromatic nitrogens is 3. The molecule has 1 rings (SSSR count). The van der Waals surface area contributed by atoms with Crippen LogP contribution in [0.3, 0.4) is 0 Å². The predicted molar refractivity (Wildman–Crippen MR) is 45.3 cm³/mol. The van der Waals surface area contributed by atoms with E-state index in [0.29, 0.717) is 11.1 Å². The summed E-state index contributed by atoms with van der Waals surface area (Å²) < 4.78 is 62.9. The Kier molecular flexibility index (Phi) is 3.41. The molecule has 9 heteroatoms. The van der Waals surface area contributed by atoms with Gasteiger partial charge in [0.05, 0.1) is 0 Å². The van der Waals surface area contributed by atoms with E-state index in [0.717, 1.165) is 0 Å². The van der Waals surface area contributed by atoms with Crippen LogP contribution in [-0.2, 0) is 12.5 Å². The monoisotopic (exact) mass is 263 g/mol. The molecule has 0 radical (unpaired) electrons. The third kappa shape index (κ3) is 2.11. The van der Waals surface area contributed by atoms with Gasteiger partial charge in [-0.1, -0.05) is 23.7 Å². The van der Waals surface area contributed by atoms with Crippen molar-refractivity contribution in [3.63, 3.8) is 0 Å². The molecule has 0 bridgehead atoms. The minimum atomic E-state index is -5.72. The number of rotatable bonds is 3. The first kappa shape index (κ1) is 13.1. The summed E-state index contributed by atoms with van der Waals surface area (Å²) in [4.78, 5) is 0. The van der Waals surface area contributed by atoms with E-state index in [-0.39, 0.29) is 6.54 Å². The normalized spacial score (nSPS) is 13.2. The lowest BCUT2D eigenvalue weighted by molar-refractivity contribution is -0.292. The summed E-state index contributed by atoms with van der Waals surface area (Å²) in [6.07, 6.45) is -5.38. The van der Waals surface area contributed by atoms with Crippen molar-refractivity contribution in [3.8, 4) is 0 Å². The van der Waals surface area contributed by atoms with Gasteiger partial charge in [0, 0.05) is 6.54 Å². The highest BCUT2D eigenvalue weighted by molar-refractivity contribution is 6.30. The number of hydrogen-bond donors (Lipinski definition) is 0. The Balaban J connectivity index is 3.25. The summed E-state index contributed by atoms with van der Waals surface area (Å²) in [5, 5.41) is 5.22. The molecule has 16 heavy (non-hydrogen) atoms. The van der Waals surface area contributed by atoms with E-state index < -0.39 is 22.9 Å². The fraction of sp³-hybridized carbons (Fsp3) is 0.714. The minimum Gasteiger partial charge on any atom is -0.241 e. The molecular formula is C7H7ClF5N3. The first-order chi connectivity index (χ1) is 7.21. The van der Waals surface area contributed by atoms with Gasteiger partial charge in [0.25, 0.3) is 0 Å². The summed E-state index contributed by atoms with van der Waals surface area (Å²) >= 11 is 5.20. The number of aryl methyl sites for hydroxylation is 1. The van der Waals surface area contributed by atoms with Crippen molar-refractivity contribution in [2.75, 3.05) is 0 Å². The number of hydrogen-bond acceptors (Lipinski definition) is 2. The van der Waals surface area contributed by atoms with Crippen LogP contribution in [0.15, 0.2) is 0 Å². The van der Waals surface area contributed by atoms with Gasteiger partial charge in [-0.3, -0.25) is 0 Å². The standard InChI is InChI=1S/C7H7ClF5N3/c1-2-3-16-4(5(8)14-15-16)6(9,10)7(11,12)13/h2-3H2,1H3.